The molecule has 2 heteroatoms. The van der Waals surface area contributed by atoms with Gasteiger partial charge in [-0.2, -0.15) is 0 Å². The van der Waals surface area contributed by atoms with Gasteiger partial charge in [0, 0.05) is 23.9 Å². The van der Waals surface area contributed by atoms with E-state index >= 15 is 0 Å². The molecule has 11 heavy (non-hydrogen) atoms. The van der Waals surface area contributed by atoms with Crippen molar-refractivity contribution in [1.82, 2.24) is 4.98 Å². The van der Waals surface area contributed by atoms with Gasteiger partial charge < -0.3 is 4.98 Å². The molecule has 0 unspecified atom stereocenters. The van der Waals surface area contributed by atoms with Crippen LogP contribution in [-0.4, -0.2) is 10.8 Å². The molecule has 2 nitrogen and oxygen atoms in total. The third-order valence-electron chi connectivity index (χ3n) is 2.36. The summed E-state index contributed by atoms with van der Waals surface area (Å²) in [5, 5.41) is 0. The molecule has 0 amide bonds. The van der Waals surface area contributed by atoms with Crippen LogP contribution < -0.4 is 0 Å². The minimum atomic E-state index is 0.317. The van der Waals surface area contributed by atoms with E-state index in [1.165, 1.54) is 6.42 Å². The maximum absolute atomic E-state index is 11.5. The van der Waals surface area contributed by atoms with E-state index < -0.39 is 0 Å². The second kappa shape index (κ2) is 2.53. The highest BCUT2D eigenvalue weighted by Crippen LogP contribution is 2.29. The van der Waals surface area contributed by atoms with Crippen molar-refractivity contribution in [3.8, 4) is 0 Å². The zero-order chi connectivity index (χ0) is 7.68. The van der Waals surface area contributed by atoms with Crippen LogP contribution in [0.2, 0.25) is 0 Å². The molecule has 1 saturated carbocycles. The molecule has 0 radical (unpaired) electrons. The lowest BCUT2D eigenvalue weighted by atomic mass is 9.80. The number of aromatic nitrogens is 1. The number of hydrogen-bond donors (Lipinski definition) is 1. The van der Waals surface area contributed by atoms with Gasteiger partial charge in [-0.25, -0.2) is 0 Å². The van der Waals surface area contributed by atoms with Crippen LogP contribution in [0.4, 0.5) is 0 Å². The zero-order valence-corrected chi connectivity index (χ0v) is 6.34. The molecule has 1 fully saturated rings. The summed E-state index contributed by atoms with van der Waals surface area (Å²) < 4.78 is 0. The average Bonchev–Trinajstić information content (AvgIpc) is 2.32. The fourth-order valence-electron chi connectivity index (χ4n) is 1.38. The predicted octanol–water partition coefficient (Wildman–Crippen LogP) is 2.00. The van der Waals surface area contributed by atoms with E-state index in [9.17, 15) is 4.79 Å². The molecule has 0 bridgehead atoms. The summed E-state index contributed by atoms with van der Waals surface area (Å²) in [6, 6.07) is 1.85. The molecule has 1 aromatic rings. The maximum Gasteiger partial charge on any atom is 0.167 e. The summed E-state index contributed by atoms with van der Waals surface area (Å²) in [6.07, 6.45) is 6.97. The summed E-state index contributed by atoms with van der Waals surface area (Å²) in [7, 11) is 0. The minimum Gasteiger partial charge on any atom is -0.367 e. The second-order valence-electron chi connectivity index (χ2n) is 3.09. The smallest absolute Gasteiger partial charge is 0.167 e. The van der Waals surface area contributed by atoms with E-state index in [0.717, 1.165) is 18.4 Å². The van der Waals surface area contributed by atoms with Gasteiger partial charge in [-0.05, 0) is 18.9 Å². The molecule has 1 aliphatic carbocycles. The van der Waals surface area contributed by atoms with Gasteiger partial charge in [0.05, 0.1) is 0 Å². The van der Waals surface area contributed by atoms with E-state index in [1.807, 2.05) is 6.07 Å². The number of hydrogen-bond acceptors (Lipinski definition) is 1. The third-order valence-corrected chi connectivity index (χ3v) is 2.36. The highest BCUT2D eigenvalue weighted by atomic mass is 16.1. The van der Waals surface area contributed by atoms with Crippen LogP contribution in [0.3, 0.4) is 0 Å². The van der Waals surface area contributed by atoms with Crippen molar-refractivity contribution < 1.29 is 4.79 Å². The number of aromatic amines is 1. The molecule has 1 aliphatic rings. The molecule has 1 heterocycles. The number of H-pyrrole nitrogens is 1. The number of carbonyl (C=O) groups is 1. The first-order valence-electron chi connectivity index (χ1n) is 4.05. The van der Waals surface area contributed by atoms with Crippen LogP contribution >= 0.6 is 0 Å². The van der Waals surface area contributed by atoms with Crippen molar-refractivity contribution in [3.63, 3.8) is 0 Å². The van der Waals surface area contributed by atoms with Gasteiger partial charge in [0.15, 0.2) is 5.78 Å². The Morgan fingerprint density at radius 2 is 2.36 bits per heavy atom. The number of rotatable bonds is 2. The van der Waals surface area contributed by atoms with Crippen molar-refractivity contribution in [2.45, 2.75) is 19.3 Å². The van der Waals surface area contributed by atoms with Crippen molar-refractivity contribution in [1.29, 1.82) is 0 Å². The summed E-state index contributed by atoms with van der Waals surface area (Å²) in [6.45, 7) is 0. The normalized spacial score (nSPS) is 17.8. The Labute approximate surface area is 65.6 Å². The van der Waals surface area contributed by atoms with E-state index in [-0.39, 0.29) is 0 Å². The van der Waals surface area contributed by atoms with Crippen LogP contribution in [0.5, 0.6) is 0 Å². The molecule has 2 rings (SSSR count). The van der Waals surface area contributed by atoms with Gasteiger partial charge in [-0.15, -0.1) is 0 Å². The summed E-state index contributed by atoms with van der Waals surface area (Å²) >= 11 is 0. The van der Waals surface area contributed by atoms with Gasteiger partial charge in [-0.1, -0.05) is 6.42 Å². The fourth-order valence-corrected chi connectivity index (χ4v) is 1.38. The Hall–Kier alpha value is -1.05. The summed E-state index contributed by atoms with van der Waals surface area (Å²) in [5.41, 5.74) is 0.842. The molecule has 58 valence electrons. The topological polar surface area (TPSA) is 32.9 Å². The molecular formula is C9H11NO. The SMILES string of the molecule is O=C(c1cc[nH]c1)C1CCC1. The van der Waals surface area contributed by atoms with Gasteiger partial charge in [-0.3, -0.25) is 4.79 Å². The molecule has 0 saturated heterocycles. The van der Waals surface area contributed by atoms with E-state index in [4.69, 9.17) is 0 Å². The van der Waals surface area contributed by atoms with Crippen molar-refractivity contribution >= 4 is 5.78 Å². The van der Waals surface area contributed by atoms with Gasteiger partial charge >= 0.3 is 0 Å². The molecule has 0 spiro atoms. The molecular weight excluding hydrogens is 138 g/mol. The highest BCUT2D eigenvalue weighted by molar-refractivity contribution is 5.98. The van der Waals surface area contributed by atoms with Crippen molar-refractivity contribution in [2.24, 2.45) is 5.92 Å². The minimum absolute atomic E-state index is 0.317. The summed E-state index contributed by atoms with van der Waals surface area (Å²) in [5.74, 6) is 0.642. The van der Waals surface area contributed by atoms with E-state index in [1.54, 1.807) is 12.4 Å². The standard InChI is InChI=1S/C9H11NO/c11-9(7-2-1-3-7)8-4-5-10-6-8/h4-7,10H,1-3H2. The number of Topliss-reactive ketones (excluding diaryl/α,β-unsaturated/α-hetero) is 1. The van der Waals surface area contributed by atoms with Crippen LogP contribution in [-0.2, 0) is 0 Å². The van der Waals surface area contributed by atoms with Gasteiger partial charge in [0.25, 0.3) is 0 Å². The maximum atomic E-state index is 11.5. The average molecular weight is 149 g/mol. The first kappa shape index (κ1) is 6.65. The first-order valence-corrected chi connectivity index (χ1v) is 4.05. The number of carbonyl (C=O) groups excluding carboxylic acids is 1. The summed E-state index contributed by atoms with van der Waals surface area (Å²) in [4.78, 5) is 14.4. The van der Waals surface area contributed by atoms with Crippen molar-refractivity contribution in [2.75, 3.05) is 0 Å². The lowest BCUT2D eigenvalue weighted by Gasteiger charge is -2.22. The highest BCUT2D eigenvalue weighted by Gasteiger charge is 2.25. The Morgan fingerprint density at radius 1 is 1.55 bits per heavy atom. The zero-order valence-electron chi connectivity index (χ0n) is 6.34. The monoisotopic (exact) mass is 149 g/mol. The number of nitrogens with one attached hydrogen (secondary N) is 1. The molecule has 0 aromatic carbocycles. The van der Waals surface area contributed by atoms with Crippen LogP contribution in [0.25, 0.3) is 0 Å². The third kappa shape index (κ3) is 1.09. The van der Waals surface area contributed by atoms with Crippen LogP contribution in [0, 0.1) is 5.92 Å². The van der Waals surface area contributed by atoms with Crippen molar-refractivity contribution in [3.05, 3.63) is 24.0 Å². The fraction of sp³-hybridized carbons (Fsp3) is 0.444. The Kier molecular flexibility index (Phi) is 1.53. The molecule has 1 N–H and O–H groups in total. The second-order valence-corrected chi connectivity index (χ2v) is 3.09. The molecule has 0 atom stereocenters. The van der Waals surface area contributed by atoms with E-state index in [2.05, 4.69) is 4.98 Å². The Bertz CT molecular complexity index is 247. The van der Waals surface area contributed by atoms with Gasteiger partial charge in [0.1, 0.15) is 0 Å². The lowest BCUT2D eigenvalue weighted by molar-refractivity contribution is 0.0855. The Balaban J connectivity index is 2.10. The van der Waals surface area contributed by atoms with Gasteiger partial charge in [0.2, 0.25) is 0 Å². The Morgan fingerprint density at radius 3 is 2.82 bits per heavy atom. The van der Waals surface area contributed by atoms with Crippen LogP contribution in [0.1, 0.15) is 29.6 Å². The van der Waals surface area contributed by atoms with E-state index in [0.29, 0.717) is 11.7 Å². The number of ketones is 1. The first-order chi connectivity index (χ1) is 5.38. The lowest BCUT2D eigenvalue weighted by Crippen LogP contribution is -2.21. The molecule has 1 aromatic heterocycles. The molecule has 0 aliphatic heterocycles. The quantitative estimate of drug-likeness (QED) is 0.641. The van der Waals surface area contributed by atoms with Crippen LogP contribution in [0.15, 0.2) is 18.5 Å². The predicted molar refractivity (Wildman–Crippen MR) is 42.5 cm³/mol. The largest absolute Gasteiger partial charge is 0.367 e.